The van der Waals surface area contributed by atoms with E-state index >= 15 is 0 Å². The Morgan fingerprint density at radius 3 is 2.66 bits per heavy atom. The van der Waals surface area contributed by atoms with Crippen LogP contribution in [0.4, 0.5) is 5.69 Å². The number of anilines is 1. The van der Waals surface area contributed by atoms with Crippen molar-refractivity contribution in [2.75, 3.05) is 18.4 Å². The van der Waals surface area contributed by atoms with E-state index in [2.05, 4.69) is 25.7 Å². The fourth-order valence-corrected chi connectivity index (χ4v) is 4.46. The van der Waals surface area contributed by atoms with Crippen molar-refractivity contribution < 1.29 is 4.79 Å². The maximum atomic E-state index is 12.8. The average Bonchev–Trinajstić information content (AvgIpc) is 3.45. The van der Waals surface area contributed by atoms with Crippen LogP contribution in [0, 0.1) is 0 Å². The number of carbonyl (C=O) groups excluding carboxylic acids is 1. The number of hydrogen-bond acceptors (Lipinski definition) is 5. The number of benzene rings is 2. The monoisotopic (exact) mass is 401 g/mol. The smallest absolute Gasteiger partial charge is 0.273 e. The number of nitrogens with zero attached hydrogens (tertiary/aromatic N) is 4. The number of nitrogens with one attached hydrogen (secondary N) is 1. The molecule has 6 nitrogen and oxygen atoms in total. The normalized spacial score (nSPS) is 15.1. The molecule has 5 rings (SSSR count). The first kappa shape index (κ1) is 17.8. The Kier molecular flexibility index (Phi) is 4.44. The van der Waals surface area contributed by atoms with Crippen LogP contribution >= 0.6 is 11.8 Å². The summed E-state index contributed by atoms with van der Waals surface area (Å²) in [5.41, 5.74) is 5.32. The number of aromatic nitrogens is 2. The maximum absolute atomic E-state index is 12.8. The highest BCUT2D eigenvalue weighted by Gasteiger charge is 2.27. The minimum Gasteiger partial charge on any atom is -0.321 e. The summed E-state index contributed by atoms with van der Waals surface area (Å²) in [7, 11) is 1.78. The highest BCUT2D eigenvalue weighted by molar-refractivity contribution is 8.16. The summed E-state index contributed by atoms with van der Waals surface area (Å²) in [6.07, 6.45) is 0. The lowest BCUT2D eigenvalue weighted by atomic mass is 10.1. The van der Waals surface area contributed by atoms with Gasteiger partial charge in [-0.15, -0.1) is 0 Å². The third kappa shape index (κ3) is 3.34. The van der Waals surface area contributed by atoms with Crippen molar-refractivity contribution in [3.8, 4) is 11.3 Å². The van der Waals surface area contributed by atoms with E-state index in [4.69, 9.17) is 0 Å². The SMILES string of the molecule is Cn1nc(-c2ccccc2)cc1C(=O)Nc1ccc(C2=CSC3=NCCN23)cc1. The van der Waals surface area contributed by atoms with E-state index in [-0.39, 0.29) is 5.91 Å². The lowest BCUT2D eigenvalue weighted by molar-refractivity contribution is 0.101. The van der Waals surface area contributed by atoms with Crippen molar-refractivity contribution in [3.63, 3.8) is 0 Å². The first-order valence-corrected chi connectivity index (χ1v) is 10.3. The van der Waals surface area contributed by atoms with Crippen LogP contribution in [0.1, 0.15) is 16.1 Å². The summed E-state index contributed by atoms with van der Waals surface area (Å²) in [4.78, 5) is 19.5. The Morgan fingerprint density at radius 2 is 1.86 bits per heavy atom. The molecule has 0 saturated heterocycles. The van der Waals surface area contributed by atoms with Crippen molar-refractivity contribution >= 4 is 34.2 Å². The second-order valence-electron chi connectivity index (χ2n) is 6.87. The van der Waals surface area contributed by atoms with Gasteiger partial charge in [0.25, 0.3) is 5.91 Å². The fourth-order valence-electron chi connectivity index (χ4n) is 3.50. The number of carbonyl (C=O) groups is 1. The Hall–Kier alpha value is -3.32. The predicted molar refractivity (Wildman–Crippen MR) is 118 cm³/mol. The number of thioether (sulfide) groups is 1. The molecule has 0 bridgehead atoms. The molecular weight excluding hydrogens is 382 g/mol. The molecule has 0 fully saturated rings. The number of fused-ring (bicyclic) bond motifs is 1. The van der Waals surface area contributed by atoms with E-state index in [1.165, 1.54) is 5.70 Å². The summed E-state index contributed by atoms with van der Waals surface area (Å²) < 4.78 is 1.61. The Balaban J connectivity index is 1.31. The standard InChI is InChI=1S/C22H19N5OS/c1-26-19(13-18(25-26)15-5-3-2-4-6-15)21(28)24-17-9-7-16(8-10-17)20-14-29-22-23-11-12-27(20)22/h2-10,13-14H,11-12H2,1H3,(H,24,28). The minimum atomic E-state index is -0.181. The van der Waals surface area contributed by atoms with Crippen LogP contribution in [-0.4, -0.2) is 38.8 Å². The average molecular weight is 401 g/mol. The lowest BCUT2D eigenvalue weighted by Gasteiger charge is -2.16. The van der Waals surface area contributed by atoms with Crippen LogP contribution in [0.15, 0.2) is 71.1 Å². The van der Waals surface area contributed by atoms with E-state index in [1.54, 1.807) is 23.5 Å². The molecule has 0 saturated carbocycles. The summed E-state index contributed by atoms with van der Waals surface area (Å²) in [6, 6.07) is 19.6. The van der Waals surface area contributed by atoms with Crippen LogP contribution in [0.5, 0.6) is 0 Å². The summed E-state index contributed by atoms with van der Waals surface area (Å²) in [5.74, 6) is -0.181. The van der Waals surface area contributed by atoms with E-state index in [0.717, 1.165) is 40.8 Å². The number of aryl methyl sites for hydroxylation is 1. The molecule has 0 aliphatic carbocycles. The van der Waals surface area contributed by atoms with Gasteiger partial charge in [-0.05, 0) is 23.8 Å². The molecule has 7 heteroatoms. The number of amides is 1. The topological polar surface area (TPSA) is 62.5 Å². The second kappa shape index (κ2) is 7.25. The van der Waals surface area contributed by atoms with E-state index in [9.17, 15) is 4.79 Å². The maximum Gasteiger partial charge on any atom is 0.273 e. The minimum absolute atomic E-state index is 0.181. The fraction of sp³-hybridized carbons (Fsp3) is 0.136. The zero-order valence-corrected chi connectivity index (χ0v) is 16.7. The quantitative estimate of drug-likeness (QED) is 0.716. The Morgan fingerprint density at radius 1 is 1.07 bits per heavy atom. The van der Waals surface area contributed by atoms with Gasteiger partial charge in [0.15, 0.2) is 5.17 Å². The van der Waals surface area contributed by atoms with Crippen LogP contribution < -0.4 is 5.32 Å². The third-order valence-corrected chi connectivity index (χ3v) is 5.89. The van der Waals surface area contributed by atoms with Crippen LogP contribution in [0.25, 0.3) is 17.0 Å². The molecule has 0 spiro atoms. The van der Waals surface area contributed by atoms with Gasteiger partial charge in [-0.2, -0.15) is 5.10 Å². The van der Waals surface area contributed by atoms with Gasteiger partial charge in [-0.1, -0.05) is 54.2 Å². The number of amidine groups is 1. The van der Waals surface area contributed by atoms with Gasteiger partial charge >= 0.3 is 0 Å². The van der Waals surface area contributed by atoms with Gasteiger partial charge in [-0.25, -0.2) is 0 Å². The molecule has 2 aliphatic rings. The number of aliphatic imine (C=N–C) groups is 1. The predicted octanol–water partition coefficient (Wildman–Crippen LogP) is 4.06. The van der Waals surface area contributed by atoms with Gasteiger partial charge in [0, 0.05) is 30.3 Å². The lowest BCUT2D eigenvalue weighted by Crippen LogP contribution is -2.20. The molecule has 0 atom stereocenters. The van der Waals surface area contributed by atoms with Crippen LogP contribution in [-0.2, 0) is 7.05 Å². The van der Waals surface area contributed by atoms with Crippen molar-refractivity contribution in [1.82, 2.24) is 14.7 Å². The number of rotatable bonds is 4. The van der Waals surface area contributed by atoms with E-state index in [1.807, 2.05) is 60.7 Å². The summed E-state index contributed by atoms with van der Waals surface area (Å²) in [5, 5.41) is 10.6. The molecule has 1 N–H and O–H groups in total. The van der Waals surface area contributed by atoms with E-state index < -0.39 is 0 Å². The first-order chi connectivity index (χ1) is 14.2. The summed E-state index contributed by atoms with van der Waals surface area (Å²) >= 11 is 1.66. The first-order valence-electron chi connectivity index (χ1n) is 9.39. The molecule has 0 radical (unpaired) electrons. The van der Waals surface area contributed by atoms with Gasteiger partial charge in [0.1, 0.15) is 5.69 Å². The van der Waals surface area contributed by atoms with Gasteiger partial charge in [0.2, 0.25) is 0 Å². The Labute approximate surface area is 172 Å². The highest BCUT2D eigenvalue weighted by atomic mass is 32.2. The second-order valence-corrected chi connectivity index (χ2v) is 7.71. The van der Waals surface area contributed by atoms with E-state index in [0.29, 0.717) is 5.69 Å². The van der Waals surface area contributed by atoms with Crippen LogP contribution in [0.3, 0.4) is 0 Å². The molecule has 3 aromatic rings. The molecule has 3 heterocycles. The van der Waals surface area contributed by atoms with Gasteiger partial charge in [-0.3, -0.25) is 14.5 Å². The molecule has 2 aliphatic heterocycles. The van der Waals surface area contributed by atoms with Crippen molar-refractivity contribution in [2.45, 2.75) is 0 Å². The molecule has 0 unspecified atom stereocenters. The largest absolute Gasteiger partial charge is 0.321 e. The zero-order valence-electron chi connectivity index (χ0n) is 15.9. The third-order valence-electron chi connectivity index (χ3n) is 4.99. The van der Waals surface area contributed by atoms with Crippen molar-refractivity contribution in [1.29, 1.82) is 0 Å². The van der Waals surface area contributed by atoms with Gasteiger partial charge < -0.3 is 10.2 Å². The van der Waals surface area contributed by atoms with Crippen molar-refractivity contribution in [2.24, 2.45) is 12.0 Å². The number of hydrogen-bond donors (Lipinski definition) is 1. The molecule has 2 aromatic carbocycles. The molecule has 1 aromatic heterocycles. The molecule has 144 valence electrons. The highest BCUT2D eigenvalue weighted by Crippen LogP contribution is 2.35. The molecule has 1 amide bonds. The van der Waals surface area contributed by atoms with Crippen molar-refractivity contribution in [3.05, 3.63) is 77.3 Å². The molecular formula is C22H19N5OS. The Bertz CT molecular complexity index is 1130. The summed E-state index contributed by atoms with van der Waals surface area (Å²) in [6.45, 7) is 1.78. The van der Waals surface area contributed by atoms with Gasteiger partial charge in [0.05, 0.1) is 17.9 Å². The zero-order chi connectivity index (χ0) is 19.8. The molecule has 29 heavy (non-hydrogen) atoms. The van der Waals surface area contributed by atoms with Crippen LogP contribution in [0.2, 0.25) is 0 Å².